The Morgan fingerprint density at radius 1 is 1.43 bits per heavy atom. The smallest absolute Gasteiger partial charge is 0.110 e. The van der Waals surface area contributed by atoms with Crippen molar-refractivity contribution < 1.29 is 9.84 Å². The van der Waals surface area contributed by atoms with Gasteiger partial charge < -0.3 is 9.84 Å². The second-order valence-corrected chi connectivity index (χ2v) is 2.28. The number of aliphatic hydroxyl groups is 1. The van der Waals surface area contributed by atoms with Crippen molar-refractivity contribution in [3.63, 3.8) is 0 Å². The molecule has 2 rings (SSSR count). The quantitative estimate of drug-likeness (QED) is 0.431. The molecule has 0 amide bonds. The standard InChI is InChI=1S/C5H8O2/c6-3-1-2-4-5(3)7-4/h3-6H,1-2H2/t3-,4-,5+/m1/s1. The first-order valence-electron chi connectivity index (χ1n) is 2.71. The molecule has 1 saturated carbocycles. The lowest BCUT2D eigenvalue weighted by Gasteiger charge is -1.96. The van der Waals surface area contributed by atoms with Gasteiger partial charge in [-0.15, -0.1) is 0 Å². The van der Waals surface area contributed by atoms with Crippen LogP contribution in [0.3, 0.4) is 0 Å². The lowest BCUT2D eigenvalue weighted by atomic mass is 10.3. The molecule has 7 heavy (non-hydrogen) atoms. The molecule has 0 aromatic heterocycles. The summed E-state index contributed by atoms with van der Waals surface area (Å²) in [5, 5.41) is 8.91. The van der Waals surface area contributed by atoms with Crippen molar-refractivity contribution in [3.8, 4) is 0 Å². The number of rotatable bonds is 0. The Hall–Kier alpha value is -0.0800. The third-order valence-corrected chi connectivity index (χ3v) is 1.75. The highest BCUT2D eigenvalue weighted by Crippen LogP contribution is 2.38. The largest absolute Gasteiger partial charge is 0.390 e. The zero-order chi connectivity index (χ0) is 4.85. The predicted molar refractivity (Wildman–Crippen MR) is 23.9 cm³/mol. The molecule has 2 nitrogen and oxygen atoms in total. The molecule has 40 valence electrons. The molecule has 3 atom stereocenters. The molecule has 1 aliphatic heterocycles. The van der Waals surface area contributed by atoms with Gasteiger partial charge in [0, 0.05) is 0 Å². The van der Waals surface area contributed by atoms with Crippen LogP contribution in [0.4, 0.5) is 0 Å². The Morgan fingerprint density at radius 3 is 2.43 bits per heavy atom. The first-order chi connectivity index (χ1) is 3.38. The highest BCUT2D eigenvalue weighted by Gasteiger charge is 2.49. The van der Waals surface area contributed by atoms with E-state index in [1.807, 2.05) is 0 Å². The molecular formula is C5H8O2. The summed E-state index contributed by atoms with van der Waals surface area (Å²) in [6, 6.07) is 0. The molecule has 0 bridgehead atoms. The molecule has 0 aromatic carbocycles. The topological polar surface area (TPSA) is 32.8 Å². The van der Waals surface area contributed by atoms with Crippen LogP contribution in [0.25, 0.3) is 0 Å². The van der Waals surface area contributed by atoms with Crippen molar-refractivity contribution >= 4 is 0 Å². The van der Waals surface area contributed by atoms with Gasteiger partial charge in [0.25, 0.3) is 0 Å². The van der Waals surface area contributed by atoms with Gasteiger partial charge in [-0.25, -0.2) is 0 Å². The Kier molecular flexibility index (Phi) is 0.557. The number of hydrogen-bond acceptors (Lipinski definition) is 2. The minimum atomic E-state index is -0.134. The summed E-state index contributed by atoms with van der Waals surface area (Å²) in [4.78, 5) is 0. The molecule has 2 heteroatoms. The van der Waals surface area contributed by atoms with E-state index in [9.17, 15) is 0 Å². The van der Waals surface area contributed by atoms with Gasteiger partial charge in [0.05, 0.1) is 12.2 Å². The molecule has 2 fully saturated rings. The average molecular weight is 100 g/mol. The molecule has 0 spiro atoms. The van der Waals surface area contributed by atoms with Crippen molar-refractivity contribution in [2.24, 2.45) is 0 Å². The SMILES string of the molecule is O[C@@H]1CC[C@H]2O[C@@H]12. The summed E-state index contributed by atoms with van der Waals surface area (Å²) in [5.74, 6) is 0. The Morgan fingerprint density at radius 2 is 2.29 bits per heavy atom. The van der Waals surface area contributed by atoms with Crippen LogP contribution in [0, 0.1) is 0 Å². The Bertz CT molecular complexity index is 92.1. The van der Waals surface area contributed by atoms with E-state index in [0.717, 1.165) is 12.8 Å². The third kappa shape index (κ3) is 0.409. The molecule has 1 N–H and O–H groups in total. The van der Waals surface area contributed by atoms with Crippen molar-refractivity contribution in [1.29, 1.82) is 0 Å². The fourth-order valence-corrected chi connectivity index (χ4v) is 1.23. The summed E-state index contributed by atoms with van der Waals surface area (Å²) in [5.41, 5.74) is 0. The van der Waals surface area contributed by atoms with E-state index in [1.165, 1.54) is 0 Å². The third-order valence-electron chi connectivity index (χ3n) is 1.75. The van der Waals surface area contributed by atoms with Crippen LogP contribution in [0.2, 0.25) is 0 Å². The molecule has 0 aromatic rings. The number of hydrogen-bond donors (Lipinski definition) is 1. The number of fused-ring (bicyclic) bond motifs is 1. The molecule has 1 saturated heterocycles. The van der Waals surface area contributed by atoms with Gasteiger partial charge in [0.1, 0.15) is 6.10 Å². The van der Waals surface area contributed by atoms with Crippen molar-refractivity contribution in [2.75, 3.05) is 0 Å². The first kappa shape index (κ1) is 3.87. The van der Waals surface area contributed by atoms with Gasteiger partial charge in [0.15, 0.2) is 0 Å². The zero-order valence-corrected chi connectivity index (χ0v) is 4.00. The molecule has 0 radical (unpaired) electrons. The van der Waals surface area contributed by atoms with Crippen LogP contribution in [0.1, 0.15) is 12.8 Å². The number of epoxide rings is 1. The highest BCUT2D eigenvalue weighted by molar-refractivity contribution is 4.97. The summed E-state index contributed by atoms with van der Waals surface area (Å²) < 4.78 is 5.02. The summed E-state index contributed by atoms with van der Waals surface area (Å²) >= 11 is 0. The second-order valence-electron chi connectivity index (χ2n) is 2.28. The predicted octanol–water partition coefficient (Wildman–Crippen LogP) is -0.0915. The second kappa shape index (κ2) is 1.01. The lowest BCUT2D eigenvalue weighted by Crippen LogP contribution is -2.08. The van der Waals surface area contributed by atoms with E-state index in [4.69, 9.17) is 9.84 Å². The van der Waals surface area contributed by atoms with Gasteiger partial charge >= 0.3 is 0 Å². The van der Waals surface area contributed by atoms with Gasteiger partial charge in [0.2, 0.25) is 0 Å². The van der Waals surface area contributed by atoms with Crippen molar-refractivity contribution in [3.05, 3.63) is 0 Å². The maximum atomic E-state index is 8.91. The maximum absolute atomic E-state index is 8.91. The highest BCUT2D eigenvalue weighted by atomic mass is 16.6. The van der Waals surface area contributed by atoms with Gasteiger partial charge in [-0.2, -0.15) is 0 Å². The monoisotopic (exact) mass is 100 g/mol. The fraction of sp³-hybridized carbons (Fsp3) is 1.00. The summed E-state index contributed by atoms with van der Waals surface area (Å²) in [6.07, 6.45) is 2.57. The van der Waals surface area contributed by atoms with Gasteiger partial charge in [-0.1, -0.05) is 0 Å². The molecule has 1 aliphatic carbocycles. The van der Waals surface area contributed by atoms with Gasteiger partial charge in [-0.05, 0) is 12.8 Å². The summed E-state index contributed by atoms with van der Waals surface area (Å²) in [6.45, 7) is 0. The van der Waals surface area contributed by atoms with Crippen LogP contribution >= 0.6 is 0 Å². The first-order valence-corrected chi connectivity index (χ1v) is 2.71. The van der Waals surface area contributed by atoms with Gasteiger partial charge in [-0.3, -0.25) is 0 Å². The minimum Gasteiger partial charge on any atom is -0.390 e. The van der Waals surface area contributed by atoms with Crippen molar-refractivity contribution in [2.45, 2.75) is 31.2 Å². The molecular weight excluding hydrogens is 92.1 g/mol. The maximum Gasteiger partial charge on any atom is 0.110 e. The van der Waals surface area contributed by atoms with Crippen LogP contribution in [0.15, 0.2) is 0 Å². The van der Waals surface area contributed by atoms with E-state index < -0.39 is 0 Å². The van der Waals surface area contributed by atoms with Crippen LogP contribution in [0.5, 0.6) is 0 Å². The normalized spacial score (nSPS) is 57.0. The van der Waals surface area contributed by atoms with Crippen LogP contribution in [-0.2, 0) is 4.74 Å². The van der Waals surface area contributed by atoms with E-state index >= 15 is 0 Å². The van der Waals surface area contributed by atoms with Crippen LogP contribution in [-0.4, -0.2) is 23.4 Å². The average Bonchev–Trinajstić information content (AvgIpc) is 2.33. The zero-order valence-electron chi connectivity index (χ0n) is 4.00. The van der Waals surface area contributed by atoms with E-state index in [2.05, 4.69) is 0 Å². The van der Waals surface area contributed by atoms with Crippen molar-refractivity contribution in [1.82, 2.24) is 0 Å². The van der Waals surface area contributed by atoms with E-state index in [0.29, 0.717) is 6.10 Å². The molecule has 1 heterocycles. The number of ether oxygens (including phenoxy) is 1. The lowest BCUT2D eigenvalue weighted by molar-refractivity contribution is 0.119. The molecule has 2 aliphatic rings. The van der Waals surface area contributed by atoms with E-state index in [1.54, 1.807) is 0 Å². The Balaban J connectivity index is 2.08. The Labute approximate surface area is 42.1 Å². The fourth-order valence-electron chi connectivity index (χ4n) is 1.23. The summed E-state index contributed by atoms with van der Waals surface area (Å²) in [7, 11) is 0. The van der Waals surface area contributed by atoms with E-state index in [-0.39, 0.29) is 12.2 Å². The molecule has 0 unspecified atom stereocenters. The number of aliphatic hydroxyl groups excluding tert-OH is 1. The minimum absolute atomic E-state index is 0.134. The van der Waals surface area contributed by atoms with Crippen LogP contribution < -0.4 is 0 Å².